The lowest BCUT2D eigenvalue weighted by molar-refractivity contribution is -0.139. The Kier molecular flexibility index (Phi) is 9.78. The van der Waals surface area contributed by atoms with Crippen LogP contribution in [0.2, 0.25) is 0 Å². The number of sulfonamides is 1. The maximum absolute atomic E-state index is 13.7. The molecular formula is C26H34BrN3O5S. The van der Waals surface area contributed by atoms with Crippen molar-refractivity contribution in [1.29, 1.82) is 0 Å². The van der Waals surface area contributed by atoms with Gasteiger partial charge in [0.2, 0.25) is 21.8 Å². The standard InChI is InChI=1S/C26H34BrN3O5S/c1-19(26(32)28-22-11-5-4-6-12-22)29(17-20-9-7-14-24(15-20)35-2)25(31)18-30(36(3,33)34)23-13-8-10-21(27)16-23/h7-10,13-16,19,22H,4-6,11-12,17-18H2,1-3H3,(H,28,32). The van der Waals surface area contributed by atoms with E-state index in [0.29, 0.717) is 15.9 Å². The Morgan fingerprint density at radius 2 is 1.81 bits per heavy atom. The summed E-state index contributed by atoms with van der Waals surface area (Å²) in [6, 6.07) is 13.3. The van der Waals surface area contributed by atoms with Crippen molar-refractivity contribution in [2.24, 2.45) is 0 Å². The Labute approximate surface area is 222 Å². The van der Waals surface area contributed by atoms with Gasteiger partial charge < -0.3 is 15.0 Å². The number of benzene rings is 2. The Hall–Kier alpha value is -2.59. The molecule has 0 radical (unpaired) electrons. The van der Waals surface area contributed by atoms with Gasteiger partial charge in [0.1, 0.15) is 18.3 Å². The summed E-state index contributed by atoms with van der Waals surface area (Å²) in [5.74, 6) is -0.0906. The minimum atomic E-state index is -3.77. The molecule has 0 heterocycles. The highest BCUT2D eigenvalue weighted by molar-refractivity contribution is 9.10. The van der Waals surface area contributed by atoms with E-state index in [0.717, 1.165) is 41.8 Å². The molecule has 3 rings (SSSR count). The number of rotatable bonds is 10. The predicted octanol–water partition coefficient (Wildman–Crippen LogP) is 4.09. The number of nitrogens with one attached hydrogen (secondary N) is 1. The monoisotopic (exact) mass is 579 g/mol. The molecule has 2 amide bonds. The van der Waals surface area contributed by atoms with Gasteiger partial charge in [0.25, 0.3) is 0 Å². The highest BCUT2D eigenvalue weighted by Crippen LogP contribution is 2.24. The van der Waals surface area contributed by atoms with E-state index >= 15 is 0 Å². The molecular weight excluding hydrogens is 546 g/mol. The van der Waals surface area contributed by atoms with E-state index in [2.05, 4.69) is 21.2 Å². The second-order valence-electron chi connectivity index (χ2n) is 9.14. The third-order valence-electron chi connectivity index (χ3n) is 6.38. The number of carbonyl (C=O) groups excluding carboxylic acids is 2. The second-order valence-corrected chi connectivity index (χ2v) is 12.0. The number of amides is 2. The fourth-order valence-corrected chi connectivity index (χ4v) is 5.59. The first-order chi connectivity index (χ1) is 17.1. The average Bonchev–Trinajstić information content (AvgIpc) is 2.85. The molecule has 0 aliphatic heterocycles. The van der Waals surface area contributed by atoms with Crippen LogP contribution in [0.5, 0.6) is 5.75 Å². The minimum absolute atomic E-state index is 0.0941. The summed E-state index contributed by atoms with van der Waals surface area (Å²) in [6.45, 7) is 1.38. The fraction of sp³-hybridized carbons (Fsp3) is 0.462. The van der Waals surface area contributed by atoms with Crippen LogP contribution in [0.4, 0.5) is 5.69 Å². The third kappa shape index (κ3) is 7.70. The van der Waals surface area contributed by atoms with Crippen LogP contribution >= 0.6 is 15.9 Å². The minimum Gasteiger partial charge on any atom is -0.497 e. The van der Waals surface area contributed by atoms with Crippen LogP contribution in [0.1, 0.15) is 44.6 Å². The van der Waals surface area contributed by atoms with Crippen LogP contribution in [0.3, 0.4) is 0 Å². The lowest BCUT2D eigenvalue weighted by Crippen LogP contribution is -2.52. The maximum atomic E-state index is 13.7. The van der Waals surface area contributed by atoms with Crippen LogP contribution in [-0.2, 0) is 26.2 Å². The molecule has 1 aliphatic carbocycles. The van der Waals surface area contributed by atoms with E-state index in [1.54, 1.807) is 50.4 Å². The molecule has 1 N–H and O–H groups in total. The van der Waals surface area contributed by atoms with Gasteiger partial charge in [-0.05, 0) is 55.7 Å². The van der Waals surface area contributed by atoms with Crippen LogP contribution in [0.15, 0.2) is 53.0 Å². The zero-order valence-corrected chi connectivity index (χ0v) is 23.3. The Bertz CT molecular complexity index is 1170. The number of nitrogens with zero attached hydrogens (tertiary/aromatic N) is 2. The molecule has 1 atom stereocenters. The molecule has 2 aromatic carbocycles. The summed E-state index contributed by atoms with van der Waals surface area (Å²) in [6.07, 6.45) is 6.22. The highest BCUT2D eigenvalue weighted by Gasteiger charge is 2.31. The Morgan fingerprint density at radius 3 is 2.44 bits per heavy atom. The van der Waals surface area contributed by atoms with Crippen molar-refractivity contribution >= 4 is 43.5 Å². The average molecular weight is 581 g/mol. The van der Waals surface area contributed by atoms with E-state index in [4.69, 9.17) is 4.74 Å². The molecule has 0 aromatic heterocycles. The van der Waals surface area contributed by atoms with Gasteiger partial charge in [-0.1, -0.05) is 53.4 Å². The largest absolute Gasteiger partial charge is 0.497 e. The summed E-state index contributed by atoms with van der Waals surface area (Å²) < 4.78 is 32.4. The van der Waals surface area contributed by atoms with E-state index < -0.39 is 28.5 Å². The summed E-state index contributed by atoms with van der Waals surface area (Å²) in [5.41, 5.74) is 1.13. The first kappa shape index (κ1) is 28.0. The maximum Gasteiger partial charge on any atom is 0.244 e. The van der Waals surface area contributed by atoms with Gasteiger partial charge in [0, 0.05) is 17.1 Å². The van der Waals surface area contributed by atoms with Crippen LogP contribution < -0.4 is 14.4 Å². The van der Waals surface area contributed by atoms with Crippen LogP contribution in [-0.4, -0.2) is 57.1 Å². The lowest BCUT2D eigenvalue weighted by atomic mass is 9.95. The zero-order chi connectivity index (χ0) is 26.3. The Balaban J connectivity index is 1.88. The van der Waals surface area contributed by atoms with Crippen molar-refractivity contribution in [2.75, 3.05) is 24.2 Å². The van der Waals surface area contributed by atoms with Gasteiger partial charge in [-0.25, -0.2) is 8.42 Å². The number of methoxy groups -OCH3 is 1. The molecule has 10 heteroatoms. The Morgan fingerprint density at radius 1 is 1.11 bits per heavy atom. The number of ether oxygens (including phenoxy) is 1. The quantitative estimate of drug-likeness (QED) is 0.457. The first-order valence-corrected chi connectivity index (χ1v) is 14.7. The van der Waals surface area contributed by atoms with Crippen LogP contribution in [0.25, 0.3) is 0 Å². The molecule has 1 fully saturated rings. The van der Waals surface area contributed by atoms with Gasteiger partial charge in [0.15, 0.2) is 0 Å². The molecule has 36 heavy (non-hydrogen) atoms. The molecule has 2 aromatic rings. The summed E-state index contributed by atoms with van der Waals surface area (Å²) in [7, 11) is -2.21. The van der Waals surface area contributed by atoms with E-state index in [-0.39, 0.29) is 18.5 Å². The van der Waals surface area contributed by atoms with Gasteiger partial charge >= 0.3 is 0 Å². The second kappa shape index (κ2) is 12.6. The number of anilines is 1. The molecule has 0 spiro atoms. The van der Waals surface area contributed by atoms with Crippen molar-refractivity contribution in [3.8, 4) is 5.75 Å². The molecule has 0 bridgehead atoms. The van der Waals surface area contributed by atoms with Crippen molar-refractivity contribution in [1.82, 2.24) is 10.2 Å². The molecule has 1 saturated carbocycles. The predicted molar refractivity (Wildman–Crippen MR) is 144 cm³/mol. The fourth-order valence-electron chi connectivity index (χ4n) is 4.36. The number of carbonyl (C=O) groups is 2. The molecule has 196 valence electrons. The van der Waals surface area contributed by atoms with Crippen molar-refractivity contribution in [2.45, 2.75) is 57.7 Å². The topological polar surface area (TPSA) is 96.0 Å². The van der Waals surface area contributed by atoms with Crippen molar-refractivity contribution in [3.63, 3.8) is 0 Å². The smallest absolute Gasteiger partial charge is 0.244 e. The van der Waals surface area contributed by atoms with Gasteiger partial charge in [0.05, 0.1) is 19.1 Å². The molecule has 8 nitrogen and oxygen atoms in total. The number of hydrogen-bond donors (Lipinski definition) is 1. The van der Waals surface area contributed by atoms with E-state index in [9.17, 15) is 18.0 Å². The van der Waals surface area contributed by atoms with Gasteiger partial charge in [-0.3, -0.25) is 13.9 Å². The third-order valence-corrected chi connectivity index (χ3v) is 8.02. The number of hydrogen-bond acceptors (Lipinski definition) is 5. The molecule has 0 saturated heterocycles. The molecule has 1 unspecified atom stereocenters. The van der Waals surface area contributed by atoms with Crippen LogP contribution in [0, 0.1) is 0 Å². The lowest BCUT2D eigenvalue weighted by Gasteiger charge is -2.33. The first-order valence-electron chi connectivity index (χ1n) is 12.0. The zero-order valence-electron chi connectivity index (χ0n) is 20.9. The van der Waals surface area contributed by atoms with E-state index in [1.165, 1.54) is 11.3 Å². The highest BCUT2D eigenvalue weighted by atomic mass is 79.9. The van der Waals surface area contributed by atoms with Gasteiger partial charge in [-0.2, -0.15) is 0 Å². The molecule has 1 aliphatic rings. The van der Waals surface area contributed by atoms with Gasteiger partial charge in [-0.15, -0.1) is 0 Å². The van der Waals surface area contributed by atoms with Crippen molar-refractivity contribution in [3.05, 3.63) is 58.6 Å². The van der Waals surface area contributed by atoms with Crippen molar-refractivity contribution < 1.29 is 22.7 Å². The summed E-state index contributed by atoms with van der Waals surface area (Å²) in [5, 5.41) is 3.09. The summed E-state index contributed by atoms with van der Waals surface area (Å²) >= 11 is 3.36. The number of halogens is 1. The normalized spacial score (nSPS) is 15.1. The van der Waals surface area contributed by atoms with E-state index in [1.807, 2.05) is 12.1 Å². The SMILES string of the molecule is COc1cccc(CN(C(=O)CN(c2cccc(Br)c2)S(C)(=O)=O)C(C)C(=O)NC2CCCCC2)c1. The summed E-state index contributed by atoms with van der Waals surface area (Å²) in [4.78, 5) is 28.3.